The fourth-order valence-electron chi connectivity index (χ4n) is 4.64. The highest BCUT2D eigenvalue weighted by molar-refractivity contribution is 7.16. The molecule has 7 heteroatoms. The molecule has 0 spiro atoms. The number of hydrogen-bond donors (Lipinski definition) is 1. The molecule has 0 radical (unpaired) electrons. The van der Waals surface area contributed by atoms with E-state index in [9.17, 15) is 4.79 Å². The first kappa shape index (κ1) is 19.5. The van der Waals surface area contributed by atoms with E-state index in [0.29, 0.717) is 6.54 Å². The van der Waals surface area contributed by atoms with Crippen LogP contribution in [0.5, 0.6) is 0 Å². The molecule has 3 aromatic rings. The minimum atomic E-state index is 0.132. The number of benzene rings is 1. The SMILES string of the molecule is O=C(CN1CCN(c2ncnc3sccc23)CC1)NCC1(c2ccccc2)CCC1. The highest BCUT2D eigenvalue weighted by Gasteiger charge is 2.38. The summed E-state index contributed by atoms with van der Waals surface area (Å²) in [6, 6.07) is 12.7. The van der Waals surface area contributed by atoms with E-state index in [4.69, 9.17) is 0 Å². The fraction of sp³-hybridized carbons (Fsp3) is 0.435. The molecule has 1 aromatic carbocycles. The normalized spacial score (nSPS) is 18.9. The maximum atomic E-state index is 12.6. The third kappa shape index (κ3) is 3.79. The Morgan fingerprint density at radius 1 is 1.07 bits per heavy atom. The molecule has 1 aliphatic carbocycles. The van der Waals surface area contributed by atoms with E-state index in [-0.39, 0.29) is 11.3 Å². The maximum absolute atomic E-state index is 12.6. The number of amides is 1. The predicted molar refractivity (Wildman–Crippen MR) is 121 cm³/mol. The highest BCUT2D eigenvalue weighted by Crippen LogP contribution is 2.43. The van der Waals surface area contributed by atoms with Crippen LogP contribution in [0.1, 0.15) is 24.8 Å². The Hall–Kier alpha value is -2.51. The number of nitrogens with one attached hydrogen (secondary N) is 1. The van der Waals surface area contributed by atoms with Crippen LogP contribution >= 0.6 is 11.3 Å². The molecule has 1 N–H and O–H groups in total. The molecule has 1 amide bonds. The molecule has 0 atom stereocenters. The Kier molecular flexibility index (Phi) is 5.39. The van der Waals surface area contributed by atoms with Gasteiger partial charge in [0, 0.05) is 38.1 Å². The van der Waals surface area contributed by atoms with Gasteiger partial charge < -0.3 is 10.2 Å². The van der Waals surface area contributed by atoms with Crippen LogP contribution in [0.3, 0.4) is 0 Å². The van der Waals surface area contributed by atoms with Gasteiger partial charge in [-0.05, 0) is 29.9 Å². The third-order valence-corrected chi connectivity index (χ3v) is 7.42. The molecule has 2 fully saturated rings. The van der Waals surface area contributed by atoms with E-state index in [1.165, 1.54) is 12.0 Å². The summed E-state index contributed by atoms with van der Waals surface area (Å²) >= 11 is 1.65. The first-order valence-electron chi connectivity index (χ1n) is 10.7. The zero-order chi connectivity index (χ0) is 20.4. The number of fused-ring (bicyclic) bond motifs is 1. The first-order valence-corrected chi connectivity index (χ1v) is 11.6. The van der Waals surface area contributed by atoms with E-state index < -0.39 is 0 Å². The van der Waals surface area contributed by atoms with Crippen LogP contribution in [0.4, 0.5) is 5.82 Å². The lowest BCUT2D eigenvalue weighted by atomic mass is 9.64. The number of carbonyl (C=O) groups excluding carboxylic acids is 1. The van der Waals surface area contributed by atoms with Gasteiger partial charge in [-0.3, -0.25) is 9.69 Å². The van der Waals surface area contributed by atoms with Crippen molar-refractivity contribution in [3.05, 3.63) is 53.7 Å². The van der Waals surface area contributed by atoms with Gasteiger partial charge in [0.15, 0.2) is 0 Å². The van der Waals surface area contributed by atoms with Crippen LogP contribution in [-0.2, 0) is 10.2 Å². The van der Waals surface area contributed by atoms with Gasteiger partial charge in [-0.25, -0.2) is 9.97 Å². The number of nitrogens with zero attached hydrogens (tertiary/aromatic N) is 4. The lowest BCUT2D eigenvalue weighted by Gasteiger charge is -2.43. The Morgan fingerprint density at radius 3 is 2.60 bits per heavy atom. The molecule has 2 aromatic heterocycles. The highest BCUT2D eigenvalue weighted by atomic mass is 32.1. The molecule has 30 heavy (non-hydrogen) atoms. The van der Waals surface area contributed by atoms with Crippen LogP contribution in [-0.4, -0.2) is 60.0 Å². The summed E-state index contributed by atoms with van der Waals surface area (Å²) in [6.07, 6.45) is 5.21. The summed E-state index contributed by atoms with van der Waals surface area (Å²) in [5.41, 5.74) is 1.49. The Bertz CT molecular complexity index is 1010. The molecule has 1 aliphatic heterocycles. The van der Waals surface area contributed by atoms with Gasteiger partial charge in [-0.15, -0.1) is 11.3 Å². The maximum Gasteiger partial charge on any atom is 0.234 e. The van der Waals surface area contributed by atoms with Gasteiger partial charge in [0.2, 0.25) is 5.91 Å². The van der Waals surface area contributed by atoms with E-state index in [1.54, 1.807) is 17.7 Å². The summed E-state index contributed by atoms with van der Waals surface area (Å²) in [5, 5.41) is 6.41. The van der Waals surface area contributed by atoms with Crippen molar-refractivity contribution in [3.63, 3.8) is 0 Å². The number of anilines is 1. The van der Waals surface area contributed by atoms with Crippen molar-refractivity contribution in [2.75, 3.05) is 44.2 Å². The average molecular weight is 422 g/mol. The summed E-state index contributed by atoms with van der Waals surface area (Å²) in [7, 11) is 0. The zero-order valence-corrected chi connectivity index (χ0v) is 17.9. The van der Waals surface area contributed by atoms with Gasteiger partial charge in [0.1, 0.15) is 17.0 Å². The predicted octanol–water partition coefficient (Wildman–Crippen LogP) is 3.05. The van der Waals surface area contributed by atoms with E-state index in [1.807, 2.05) is 0 Å². The van der Waals surface area contributed by atoms with Crippen LogP contribution in [0.15, 0.2) is 48.1 Å². The Morgan fingerprint density at radius 2 is 1.87 bits per heavy atom. The molecule has 6 nitrogen and oxygen atoms in total. The van der Waals surface area contributed by atoms with Crippen molar-refractivity contribution in [2.24, 2.45) is 0 Å². The Labute approximate surface area is 180 Å². The third-order valence-electron chi connectivity index (χ3n) is 6.60. The number of piperazine rings is 1. The largest absolute Gasteiger partial charge is 0.354 e. The van der Waals surface area contributed by atoms with Crippen LogP contribution in [0.25, 0.3) is 10.2 Å². The molecule has 0 unspecified atom stereocenters. The van der Waals surface area contributed by atoms with Crippen molar-refractivity contribution in [1.82, 2.24) is 20.2 Å². The number of aromatic nitrogens is 2. The molecular formula is C23H27N5OS. The standard InChI is InChI=1S/C23H27N5OS/c29-20(24-16-23(8-4-9-23)18-5-2-1-3-6-18)15-27-10-12-28(13-11-27)21-19-7-14-30-22(19)26-17-25-21/h1-3,5-7,14,17H,4,8-13,15-16H2,(H,24,29). The van der Waals surface area contributed by atoms with Crippen molar-refractivity contribution in [3.8, 4) is 0 Å². The molecule has 5 rings (SSSR count). The van der Waals surface area contributed by atoms with Gasteiger partial charge in [-0.2, -0.15) is 0 Å². The smallest absolute Gasteiger partial charge is 0.234 e. The number of hydrogen-bond acceptors (Lipinski definition) is 6. The van der Waals surface area contributed by atoms with Crippen molar-refractivity contribution in [2.45, 2.75) is 24.7 Å². The quantitative estimate of drug-likeness (QED) is 0.663. The van der Waals surface area contributed by atoms with Crippen LogP contribution in [0.2, 0.25) is 0 Å². The van der Waals surface area contributed by atoms with Crippen molar-refractivity contribution in [1.29, 1.82) is 0 Å². The summed E-state index contributed by atoms with van der Waals surface area (Å²) in [5.74, 6) is 1.15. The van der Waals surface area contributed by atoms with Crippen LogP contribution < -0.4 is 10.2 Å². The molecular weight excluding hydrogens is 394 g/mol. The summed E-state index contributed by atoms with van der Waals surface area (Å²) in [4.78, 5) is 27.1. The second-order valence-corrected chi connectivity index (χ2v) is 9.27. The van der Waals surface area contributed by atoms with E-state index in [2.05, 4.69) is 66.9 Å². The van der Waals surface area contributed by atoms with Gasteiger partial charge in [0.05, 0.1) is 11.9 Å². The molecule has 3 heterocycles. The lowest BCUT2D eigenvalue weighted by Crippen LogP contribution is -2.51. The first-order chi connectivity index (χ1) is 14.7. The van der Waals surface area contributed by atoms with E-state index >= 15 is 0 Å². The molecule has 1 saturated heterocycles. The molecule has 1 saturated carbocycles. The van der Waals surface area contributed by atoms with Crippen LogP contribution in [0, 0.1) is 0 Å². The summed E-state index contributed by atoms with van der Waals surface area (Å²) in [6.45, 7) is 4.70. The molecule has 156 valence electrons. The fourth-order valence-corrected chi connectivity index (χ4v) is 5.36. The van der Waals surface area contributed by atoms with Gasteiger partial charge >= 0.3 is 0 Å². The minimum absolute atomic E-state index is 0.132. The second-order valence-electron chi connectivity index (χ2n) is 8.38. The topological polar surface area (TPSA) is 61.4 Å². The molecule has 2 aliphatic rings. The summed E-state index contributed by atoms with van der Waals surface area (Å²) < 4.78 is 0. The number of rotatable bonds is 6. The van der Waals surface area contributed by atoms with Crippen molar-refractivity contribution >= 4 is 33.3 Å². The second kappa shape index (κ2) is 8.32. The number of thiophene rings is 1. The minimum Gasteiger partial charge on any atom is -0.354 e. The van der Waals surface area contributed by atoms with Gasteiger partial charge in [-0.1, -0.05) is 36.8 Å². The van der Waals surface area contributed by atoms with Gasteiger partial charge in [0.25, 0.3) is 0 Å². The van der Waals surface area contributed by atoms with E-state index in [0.717, 1.165) is 61.6 Å². The average Bonchev–Trinajstić information content (AvgIpc) is 3.23. The zero-order valence-electron chi connectivity index (χ0n) is 17.1. The Balaban J connectivity index is 1.13. The number of carbonyl (C=O) groups is 1. The van der Waals surface area contributed by atoms with Crippen molar-refractivity contribution < 1.29 is 4.79 Å². The molecule has 0 bridgehead atoms. The lowest BCUT2D eigenvalue weighted by molar-refractivity contribution is -0.122. The monoisotopic (exact) mass is 421 g/mol.